The van der Waals surface area contributed by atoms with Gasteiger partial charge in [0.2, 0.25) is 0 Å². The number of hydrogen-bond acceptors (Lipinski definition) is 5. The Labute approximate surface area is 118 Å². The Morgan fingerprint density at radius 1 is 1.14 bits per heavy atom. The number of pyridine rings is 2. The highest BCUT2D eigenvalue weighted by Crippen LogP contribution is 2.17. The van der Waals surface area contributed by atoms with Crippen molar-refractivity contribution < 1.29 is 13.2 Å². The van der Waals surface area contributed by atoms with Crippen LogP contribution in [-0.4, -0.2) is 19.5 Å². The van der Waals surface area contributed by atoms with Crippen LogP contribution in [0.15, 0.2) is 27.9 Å². The fourth-order valence-electron chi connectivity index (χ4n) is 1.92. The minimum absolute atomic E-state index is 0.302. The number of aromatic amines is 1. The lowest BCUT2D eigenvalue weighted by molar-refractivity contribution is 0.568. The molecule has 0 aliphatic heterocycles. The number of halogens is 3. The summed E-state index contributed by atoms with van der Waals surface area (Å²) in [6, 6.07) is 1.26. The van der Waals surface area contributed by atoms with E-state index in [2.05, 4.69) is 9.97 Å². The van der Waals surface area contributed by atoms with Gasteiger partial charge in [-0.15, -0.1) is 0 Å². The molecule has 3 aromatic heterocycles. The zero-order valence-electron chi connectivity index (χ0n) is 10.6. The minimum Gasteiger partial charge on any atom is -0.381 e. The van der Waals surface area contributed by atoms with Gasteiger partial charge in [0.25, 0.3) is 5.56 Å². The largest absolute Gasteiger partial charge is 0.381 e. The van der Waals surface area contributed by atoms with Crippen molar-refractivity contribution in [2.24, 2.45) is 0 Å². The molecule has 0 aliphatic rings. The van der Waals surface area contributed by atoms with Crippen LogP contribution in [0.5, 0.6) is 0 Å². The van der Waals surface area contributed by atoms with Crippen molar-refractivity contribution in [3.05, 3.63) is 56.6 Å². The SMILES string of the molecule is Nc1nc(-n2c(=O)[nH]c(=O)c3cc(F)cnc32)c(F)cc1F. The number of aromatic nitrogens is 4. The molecule has 10 heteroatoms. The average molecular weight is 309 g/mol. The van der Waals surface area contributed by atoms with E-state index < -0.39 is 40.3 Å². The van der Waals surface area contributed by atoms with E-state index in [1.165, 1.54) is 0 Å². The molecule has 0 fully saturated rings. The van der Waals surface area contributed by atoms with E-state index in [9.17, 15) is 22.8 Å². The van der Waals surface area contributed by atoms with Crippen LogP contribution >= 0.6 is 0 Å². The summed E-state index contributed by atoms with van der Waals surface area (Å²) in [5.74, 6) is -4.44. The van der Waals surface area contributed by atoms with Crippen molar-refractivity contribution in [3.8, 4) is 5.82 Å². The van der Waals surface area contributed by atoms with Crippen molar-refractivity contribution >= 4 is 16.9 Å². The first kappa shape index (κ1) is 13.8. The number of fused-ring (bicyclic) bond motifs is 1. The predicted octanol–water partition coefficient (Wildman–Crippen LogP) is 0.468. The summed E-state index contributed by atoms with van der Waals surface area (Å²) in [7, 11) is 0. The molecule has 0 spiro atoms. The topological polar surface area (TPSA) is 107 Å². The zero-order chi connectivity index (χ0) is 16.0. The molecule has 0 aliphatic carbocycles. The highest BCUT2D eigenvalue weighted by Gasteiger charge is 2.18. The quantitative estimate of drug-likeness (QED) is 0.679. The number of anilines is 1. The van der Waals surface area contributed by atoms with Gasteiger partial charge in [-0.3, -0.25) is 9.78 Å². The molecule has 0 radical (unpaired) electrons. The van der Waals surface area contributed by atoms with Crippen LogP contribution in [0, 0.1) is 17.5 Å². The number of rotatable bonds is 1. The molecule has 0 unspecified atom stereocenters. The van der Waals surface area contributed by atoms with Crippen LogP contribution in [0.25, 0.3) is 16.9 Å². The monoisotopic (exact) mass is 309 g/mol. The smallest absolute Gasteiger partial charge is 0.335 e. The van der Waals surface area contributed by atoms with Crippen molar-refractivity contribution in [2.45, 2.75) is 0 Å². The summed E-state index contributed by atoms with van der Waals surface area (Å²) in [6.45, 7) is 0. The molecule has 3 N–H and O–H groups in total. The van der Waals surface area contributed by atoms with Gasteiger partial charge in [0.05, 0.1) is 11.6 Å². The standard InChI is InChI=1S/C12H6F3N5O2/c13-4-1-5-9(17-3-4)20(12(22)19-11(5)21)10-7(15)2-6(14)8(16)18-10/h1-3H,(H2,16,18)(H,19,21,22). The molecule has 3 heterocycles. The Bertz CT molecular complexity index is 1030. The first-order chi connectivity index (χ1) is 10.4. The van der Waals surface area contributed by atoms with Crippen LogP contribution in [0.1, 0.15) is 0 Å². The van der Waals surface area contributed by atoms with E-state index in [1.54, 1.807) is 0 Å². The Balaban J connectivity index is 2.49. The summed E-state index contributed by atoms with van der Waals surface area (Å²) in [5, 5.41) is -0.302. The molecule has 0 amide bonds. The van der Waals surface area contributed by atoms with Crippen LogP contribution in [0.3, 0.4) is 0 Å². The Kier molecular flexibility index (Phi) is 2.94. The summed E-state index contributed by atoms with van der Waals surface area (Å²) in [5.41, 5.74) is 2.94. The fourth-order valence-corrected chi connectivity index (χ4v) is 1.92. The molecular weight excluding hydrogens is 303 g/mol. The molecule has 0 aromatic carbocycles. The first-order valence-corrected chi connectivity index (χ1v) is 5.81. The molecule has 0 bridgehead atoms. The average Bonchev–Trinajstić information content (AvgIpc) is 2.45. The number of nitrogens with two attached hydrogens (primary N) is 1. The van der Waals surface area contributed by atoms with E-state index in [0.717, 1.165) is 12.3 Å². The van der Waals surface area contributed by atoms with Gasteiger partial charge in [-0.1, -0.05) is 0 Å². The fraction of sp³-hybridized carbons (Fsp3) is 0. The maximum atomic E-state index is 13.9. The van der Waals surface area contributed by atoms with Gasteiger partial charge in [-0.25, -0.2) is 32.5 Å². The summed E-state index contributed by atoms with van der Waals surface area (Å²) in [4.78, 5) is 32.5. The first-order valence-electron chi connectivity index (χ1n) is 5.81. The number of H-pyrrole nitrogens is 1. The number of nitrogen functional groups attached to an aromatic ring is 1. The summed E-state index contributed by atoms with van der Waals surface area (Å²) >= 11 is 0. The van der Waals surface area contributed by atoms with E-state index in [4.69, 9.17) is 5.73 Å². The minimum atomic E-state index is -1.20. The van der Waals surface area contributed by atoms with Gasteiger partial charge in [-0.2, -0.15) is 0 Å². The third-order valence-electron chi connectivity index (χ3n) is 2.86. The van der Waals surface area contributed by atoms with Crippen LogP contribution in [0.4, 0.5) is 19.0 Å². The molecule has 0 saturated carbocycles. The van der Waals surface area contributed by atoms with Crippen molar-refractivity contribution in [1.29, 1.82) is 0 Å². The van der Waals surface area contributed by atoms with E-state index in [1.807, 2.05) is 4.98 Å². The molecular formula is C12H6F3N5O2. The van der Waals surface area contributed by atoms with E-state index in [0.29, 0.717) is 10.6 Å². The predicted molar refractivity (Wildman–Crippen MR) is 70.0 cm³/mol. The van der Waals surface area contributed by atoms with Crippen molar-refractivity contribution in [1.82, 2.24) is 19.5 Å². The molecule has 7 nitrogen and oxygen atoms in total. The maximum Gasteiger partial charge on any atom is 0.335 e. The second-order valence-electron chi connectivity index (χ2n) is 4.28. The molecule has 0 saturated heterocycles. The van der Waals surface area contributed by atoms with Gasteiger partial charge < -0.3 is 5.73 Å². The normalized spacial score (nSPS) is 11.0. The van der Waals surface area contributed by atoms with Crippen LogP contribution < -0.4 is 17.0 Å². The van der Waals surface area contributed by atoms with Crippen LogP contribution in [-0.2, 0) is 0 Å². The molecule has 22 heavy (non-hydrogen) atoms. The number of nitrogens with zero attached hydrogens (tertiary/aromatic N) is 3. The summed E-state index contributed by atoms with van der Waals surface area (Å²) in [6.07, 6.45) is 0.739. The zero-order valence-corrected chi connectivity index (χ0v) is 10.6. The van der Waals surface area contributed by atoms with E-state index >= 15 is 0 Å². The highest BCUT2D eigenvalue weighted by molar-refractivity contribution is 5.75. The van der Waals surface area contributed by atoms with Gasteiger partial charge in [0.1, 0.15) is 5.82 Å². The Hall–Kier alpha value is -3.17. The van der Waals surface area contributed by atoms with Crippen LogP contribution in [0.2, 0.25) is 0 Å². The Morgan fingerprint density at radius 2 is 1.86 bits per heavy atom. The van der Waals surface area contributed by atoms with Gasteiger partial charge in [0.15, 0.2) is 28.9 Å². The molecule has 3 aromatic rings. The van der Waals surface area contributed by atoms with Gasteiger partial charge in [0, 0.05) is 6.07 Å². The van der Waals surface area contributed by atoms with E-state index in [-0.39, 0.29) is 11.0 Å². The molecule has 3 rings (SSSR count). The second kappa shape index (κ2) is 4.69. The lowest BCUT2D eigenvalue weighted by atomic mass is 10.3. The Morgan fingerprint density at radius 3 is 2.59 bits per heavy atom. The van der Waals surface area contributed by atoms with Gasteiger partial charge >= 0.3 is 5.69 Å². The third kappa shape index (κ3) is 2.01. The molecule has 0 atom stereocenters. The van der Waals surface area contributed by atoms with Gasteiger partial charge in [-0.05, 0) is 6.07 Å². The summed E-state index contributed by atoms with van der Waals surface area (Å²) < 4.78 is 40.8. The number of hydrogen-bond donors (Lipinski definition) is 2. The lowest BCUT2D eigenvalue weighted by Crippen LogP contribution is -2.31. The number of nitrogens with one attached hydrogen (secondary N) is 1. The lowest BCUT2D eigenvalue weighted by Gasteiger charge is -2.09. The maximum absolute atomic E-state index is 13.9. The molecule has 112 valence electrons. The van der Waals surface area contributed by atoms with Crippen molar-refractivity contribution in [2.75, 3.05) is 5.73 Å². The van der Waals surface area contributed by atoms with Crippen molar-refractivity contribution in [3.63, 3.8) is 0 Å². The third-order valence-corrected chi connectivity index (χ3v) is 2.86. The highest BCUT2D eigenvalue weighted by atomic mass is 19.1. The second-order valence-corrected chi connectivity index (χ2v) is 4.28.